The van der Waals surface area contributed by atoms with Crippen LogP contribution in [0.1, 0.15) is 46.3 Å². The third-order valence-electron chi connectivity index (χ3n) is 5.27. The molecule has 0 aliphatic carbocycles. The number of aromatic amines is 1. The van der Waals surface area contributed by atoms with E-state index in [9.17, 15) is 9.59 Å². The Balaban J connectivity index is 1.48. The average Bonchev–Trinajstić information content (AvgIpc) is 3.31. The molecule has 1 aliphatic rings. The van der Waals surface area contributed by atoms with Crippen LogP contribution in [-0.4, -0.2) is 32.9 Å². The Morgan fingerprint density at radius 1 is 1.19 bits per heavy atom. The third kappa shape index (κ3) is 4.69. The van der Waals surface area contributed by atoms with Crippen molar-refractivity contribution in [1.82, 2.24) is 14.5 Å². The number of thioether (sulfide) groups is 1. The molecule has 3 heterocycles. The number of ether oxygens (including phenoxy) is 2. The number of benzene rings is 1. The maximum absolute atomic E-state index is 12.9. The molecule has 0 radical (unpaired) electrons. The molecule has 0 atom stereocenters. The largest absolute Gasteiger partial charge is 0.454 e. The number of carbonyl (C=O) groups is 1. The van der Waals surface area contributed by atoms with Gasteiger partial charge in [0.2, 0.25) is 6.79 Å². The molecule has 0 spiro atoms. The second kappa shape index (κ2) is 9.01. The molecule has 1 aliphatic heterocycles. The zero-order valence-corrected chi connectivity index (χ0v) is 18.7. The second-order valence-corrected chi connectivity index (χ2v) is 8.53. The molecule has 4 rings (SSSR count). The monoisotopic (exact) mass is 439 g/mol. The van der Waals surface area contributed by atoms with Crippen molar-refractivity contribution < 1.29 is 14.3 Å². The fraction of sp³-hybridized carbons (Fsp3) is 0.348. The molecule has 0 bridgehead atoms. The molecule has 8 heteroatoms. The zero-order valence-electron chi connectivity index (χ0n) is 17.9. The first kappa shape index (κ1) is 21.2. The molecule has 2 aromatic heterocycles. The van der Waals surface area contributed by atoms with E-state index in [4.69, 9.17) is 9.47 Å². The summed E-state index contributed by atoms with van der Waals surface area (Å²) in [6, 6.07) is 9.34. The fourth-order valence-electron chi connectivity index (χ4n) is 3.70. The first-order chi connectivity index (χ1) is 14.9. The van der Waals surface area contributed by atoms with Gasteiger partial charge in [-0.2, -0.15) is 0 Å². The standard InChI is InChI=1S/C23H25N3O4S/c1-4-5-17-10-22(28)25-23(24-17)31-12-19(27)18-8-14(2)26(15(18)3)11-16-6-7-20-21(9-16)30-13-29-20/h6-10H,4-5,11-13H2,1-3H3,(H,24,25,28). The number of carbonyl (C=O) groups excluding carboxylic acids is 1. The van der Waals surface area contributed by atoms with Crippen LogP contribution in [0.5, 0.6) is 11.5 Å². The molecule has 0 fully saturated rings. The highest BCUT2D eigenvalue weighted by Gasteiger charge is 2.18. The number of H-pyrrole nitrogens is 1. The minimum atomic E-state index is -0.185. The van der Waals surface area contributed by atoms with E-state index < -0.39 is 0 Å². The Kier molecular flexibility index (Phi) is 6.18. The Bertz CT molecular complexity index is 1180. The summed E-state index contributed by atoms with van der Waals surface area (Å²) in [5, 5.41) is 0.485. The van der Waals surface area contributed by atoms with E-state index in [1.807, 2.05) is 45.0 Å². The van der Waals surface area contributed by atoms with Gasteiger partial charge >= 0.3 is 0 Å². The number of Topliss-reactive ketones (excluding diaryl/α,β-unsaturated/α-hetero) is 1. The summed E-state index contributed by atoms with van der Waals surface area (Å²) in [5.74, 6) is 1.73. The van der Waals surface area contributed by atoms with Gasteiger partial charge in [-0.05, 0) is 44.0 Å². The summed E-state index contributed by atoms with van der Waals surface area (Å²) in [7, 11) is 0. The lowest BCUT2D eigenvalue weighted by atomic mass is 10.1. The minimum Gasteiger partial charge on any atom is -0.454 e. The zero-order chi connectivity index (χ0) is 22.0. The molecule has 7 nitrogen and oxygen atoms in total. The Morgan fingerprint density at radius 3 is 2.81 bits per heavy atom. The summed E-state index contributed by atoms with van der Waals surface area (Å²) in [4.78, 5) is 31.9. The van der Waals surface area contributed by atoms with Gasteiger partial charge in [0, 0.05) is 35.3 Å². The van der Waals surface area contributed by atoms with Crippen molar-refractivity contribution >= 4 is 17.5 Å². The van der Waals surface area contributed by atoms with Crippen molar-refractivity contribution in [2.24, 2.45) is 0 Å². The summed E-state index contributed by atoms with van der Waals surface area (Å²) in [6.07, 6.45) is 1.65. The number of nitrogens with one attached hydrogen (secondary N) is 1. The van der Waals surface area contributed by atoms with Crippen molar-refractivity contribution in [2.45, 2.75) is 45.3 Å². The van der Waals surface area contributed by atoms with E-state index in [-0.39, 0.29) is 23.9 Å². The Hall–Kier alpha value is -3.00. The first-order valence-electron chi connectivity index (χ1n) is 10.3. The van der Waals surface area contributed by atoms with E-state index in [0.717, 1.165) is 47.0 Å². The van der Waals surface area contributed by atoms with Gasteiger partial charge in [0.15, 0.2) is 22.4 Å². The van der Waals surface area contributed by atoms with Crippen LogP contribution < -0.4 is 15.0 Å². The van der Waals surface area contributed by atoms with Gasteiger partial charge in [0.1, 0.15) is 0 Å². The molecule has 31 heavy (non-hydrogen) atoms. The minimum absolute atomic E-state index is 0.0126. The molecule has 0 unspecified atom stereocenters. The van der Waals surface area contributed by atoms with Crippen molar-refractivity contribution in [2.75, 3.05) is 12.5 Å². The van der Waals surface area contributed by atoms with Crippen LogP contribution in [0.4, 0.5) is 0 Å². The van der Waals surface area contributed by atoms with Crippen LogP contribution in [-0.2, 0) is 13.0 Å². The van der Waals surface area contributed by atoms with Gasteiger partial charge < -0.3 is 19.0 Å². The van der Waals surface area contributed by atoms with Crippen LogP contribution in [0.15, 0.2) is 40.3 Å². The number of ketones is 1. The van der Waals surface area contributed by atoms with Crippen molar-refractivity contribution in [3.05, 3.63) is 68.9 Å². The summed E-state index contributed by atoms with van der Waals surface area (Å²) >= 11 is 1.26. The van der Waals surface area contributed by atoms with Crippen LogP contribution in [0.3, 0.4) is 0 Å². The molecule has 0 saturated heterocycles. The Labute approximate surface area is 184 Å². The van der Waals surface area contributed by atoms with Crippen LogP contribution in [0, 0.1) is 13.8 Å². The lowest BCUT2D eigenvalue weighted by Gasteiger charge is -2.11. The predicted octanol–water partition coefficient (Wildman–Crippen LogP) is 3.89. The van der Waals surface area contributed by atoms with Gasteiger partial charge in [-0.15, -0.1) is 0 Å². The van der Waals surface area contributed by atoms with Crippen molar-refractivity contribution in [3.63, 3.8) is 0 Å². The maximum atomic E-state index is 12.9. The quantitative estimate of drug-likeness (QED) is 0.326. The number of hydrogen-bond donors (Lipinski definition) is 1. The molecular weight excluding hydrogens is 414 g/mol. The highest BCUT2D eigenvalue weighted by molar-refractivity contribution is 7.99. The summed E-state index contributed by atoms with van der Waals surface area (Å²) in [6.45, 7) is 6.89. The van der Waals surface area contributed by atoms with E-state index in [1.165, 1.54) is 17.8 Å². The lowest BCUT2D eigenvalue weighted by molar-refractivity contribution is 0.102. The molecule has 3 aromatic rings. The highest BCUT2D eigenvalue weighted by atomic mass is 32.2. The Morgan fingerprint density at radius 2 is 2.00 bits per heavy atom. The maximum Gasteiger partial charge on any atom is 0.251 e. The molecular formula is C23H25N3O4S. The topological polar surface area (TPSA) is 86.2 Å². The van der Waals surface area contributed by atoms with Gasteiger partial charge in [0.25, 0.3) is 5.56 Å². The molecule has 0 saturated carbocycles. The van der Waals surface area contributed by atoms with Gasteiger partial charge in [-0.25, -0.2) is 4.98 Å². The number of aryl methyl sites for hydroxylation is 2. The van der Waals surface area contributed by atoms with Gasteiger partial charge in [-0.1, -0.05) is 31.2 Å². The van der Waals surface area contributed by atoms with E-state index >= 15 is 0 Å². The molecule has 162 valence electrons. The highest BCUT2D eigenvalue weighted by Crippen LogP contribution is 2.33. The SMILES string of the molecule is CCCc1cc(=O)[nH]c(SCC(=O)c2cc(C)n(Cc3ccc4c(c3)OCO4)c2C)n1. The van der Waals surface area contributed by atoms with Gasteiger partial charge in [0.05, 0.1) is 5.75 Å². The number of hydrogen-bond acceptors (Lipinski definition) is 6. The summed E-state index contributed by atoms with van der Waals surface area (Å²) in [5.41, 5.74) is 4.27. The van der Waals surface area contributed by atoms with Crippen molar-refractivity contribution in [3.8, 4) is 11.5 Å². The molecule has 1 N–H and O–H groups in total. The summed E-state index contributed by atoms with van der Waals surface area (Å²) < 4.78 is 13.0. The van der Waals surface area contributed by atoms with Crippen LogP contribution in [0.25, 0.3) is 0 Å². The number of rotatable bonds is 8. The van der Waals surface area contributed by atoms with Crippen LogP contribution in [0.2, 0.25) is 0 Å². The molecule has 0 amide bonds. The molecule has 1 aromatic carbocycles. The average molecular weight is 440 g/mol. The van der Waals surface area contributed by atoms with Crippen LogP contribution >= 0.6 is 11.8 Å². The lowest BCUT2D eigenvalue weighted by Crippen LogP contribution is -2.12. The van der Waals surface area contributed by atoms with E-state index in [2.05, 4.69) is 14.5 Å². The van der Waals surface area contributed by atoms with E-state index in [0.29, 0.717) is 17.3 Å². The smallest absolute Gasteiger partial charge is 0.251 e. The number of fused-ring (bicyclic) bond motifs is 1. The normalized spacial score (nSPS) is 12.4. The second-order valence-electron chi connectivity index (χ2n) is 7.56. The van der Waals surface area contributed by atoms with E-state index in [1.54, 1.807) is 0 Å². The predicted molar refractivity (Wildman–Crippen MR) is 119 cm³/mol. The fourth-order valence-corrected chi connectivity index (χ4v) is 4.47. The first-order valence-corrected chi connectivity index (χ1v) is 11.2. The number of aromatic nitrogens is 3. The van der Waals surface area contributed by atoms with Gasteiger partial charge in [-0.3, -0.25) is 9.59 Å². The van der Waals surface area contributed by atoms with Crippen molar-refractivity contribution in [1.29, 1.82) is 0 Å². The third-order valence-corrected chi connectivity index (χ3v) is 6.14. The number of nitrogens with zero attached hydrogens (tertiary/aromatic N) is 2.